The van der Waals surface area contributed by atoms with Gasteiger partial charge in [0.15, 0.2) is 0 Å². The van der Waals surface area contributed by atoms with Gasteiger partial charge in [0, 0.05) is 16.6 Å². The van der Waals surface area contributed by atoms with Gasteiger partial charge in [0.05, 0.1) is 19.7 Å². The quantitative estimate of drug-likeness (QED) is 0.644. The van der Waals surface area contributed by atoms with Crippen LogP contribution in [0.25, 0.3) is 5.70 Å². The molecule has 0 bridgehead atoms. The van der Waals surface area contributed by atoms with Gasteiger partial charge in [-0.2, -0.15) is 0 Å². The van der Waals surface area contributed by atoms with E-state index in [1.54, 1.807) is 12.0 Å². The minimum absolute atomic E-state index is 0.105. The molecule has 0 saturated heterocycles. The van der Waals surface area contributed by atoms with Crippen LogP contribution < -0.4 is 10.5 Å². The van der Waals surface area contributed by atoms with Crippen LogP contribution >= 0.6 is 11.6 Å². The molecule has 3 aromatic carbocycles. The molecule has 4 nitrogen and oxygen atoms in total. The van der Waals surface area contributed by atoms with E-state index in [9.17, 15) is 4.79 Å². The molecule has 5 heteroatoms. The van der Waals surface area contributed by atoms with Gasteiger partial charge in [-0.05, 0) is 53.1 Å². The van der Waals surface area contributed by atoms with E-state index in [2.05, 4.69) is 6.08 Å². The summed E-state index contributed by atoms with van der Waals surface area (Å²) in [5.41, 5.74) is 10.2. The maximum Gasteiger partial charge on any atom is 0.245 e. The summed E-state index contributed by atoms with van der Waals surface area (Å²) in [6.45, 7) is 0.457. The summed E-state index contributed by atoms with van der Waals surface area (Å²) in [6.07, 6.45) is 2.08. The van der Waals surface area contributed by atoms with Crippen LogP contribution in [0, 0.1) is 0 Å². The van der Waals surface area contributed by atoms with E-state index in [4.69, 9.17) is 22.1 Å². The second-order valence-corrected chi connectivity index (χ2v) is 7.73. The van der Waals surface area contributed by atoms with Crippen molar-refractivity contribution >= 4 is 23.2 Å². The molecular formula is C25H23ClN2O2. The molecule has 0 radical (unpaired) electrons. The number of amides is 1. The summed E-state index contributed by atoms with van der Waals surface area (Å²) in [5.74, 6) is 0.424. The SMILES string of the molecule is COc1ccc(C2=C[C@H](c3ccc(Cl)cc3)[C@@H](N)C(=O)N2Cc2ccccc2)cc1. The smallest absolute Gasteiger partial charge is 0.245 e. The Balaban J connectivity index is 1.78. The number of methoxy groups -OCH3 is 1. The second-order valence-electron chi connectivity index (χ2n) is 7.29. The summed E-state index contributed by atoms with van der Waals surface area (Å²) >= 11 is 6.05. The van der Waals surface area contributed by atoms with Crippen molar-refractivity contribution in [2.45, 2.75) is 18.5 Å². The molecule has 2 N–H and O–H groups in total. The van der Waals surface area contributed by atoms with Crippen LogP contribution in [0.3, 0.4) is 0 Å². The largest absolute Gasteiger partial charge is 0.497 e. The third-order valence-corrected chi connectivity index (χ3v) is 5.64. The molecule has 30 heavy (non-hydrogen) atoms. The lowest BCUT2D eigenvalue weighted by atomic mass is 9.85. The molecule has 152 valence electrons. The van der Waals surface area contributed by atoms with Crippen LogP contribution in [0.2, 0.25) is 5.02 Å². The molecule has 4 rings (SSSR count). The first kappa shape index (κ1) is 20.2. The number of hydrogen-bond acceptors (Lipinski definition) is 3. The highest BCUT2D eigenvalue weighted by molar-refractivity contribution is 6.30. The number of rotatable bonds is 5. The fourth-order valence-electron chi connectivity index (χ4n) is 3.75. The van der Waals surface area contributed by atoms with Gasteiger partial charge in [0.25, 0.3) is 0 Å². The molecule has 1 amide bonds. The number of carbonyl (C=O) groups is 1. The maximum atomic E-state index is 13.4. The van der Waals surface area contributed by atoms with Gasteiger partial charge in [-0.25, -0.2) is 0 Å². The third kappa shape index (κ3) is 4.11. The summed E-state index contributed by atoms with van der Waals surface area (Å²) in [7, 11) is 1.63. The molecule has 1 heterocycles. The van der Waals surface area contributed by atoms with Gasteiger partial charge in [-0.3, -0.25) is 4.79 Å². The monoisotopic (exact) mass is 418 g/mol. The Kier molecular flexibility index (Phi) is 5.88. The molecule has 2 atom stereocenters. The van der Waals surface area contributed by atoms with Crippen molar-refractivity contribution < 1.29 is 9.53 Å². The zero-order valence-corrected chi connectivity index (χ0v) is 17.4. The van der Waals surface area contributed by atoms with Crippen LogP contribution in [0.15, 0.2) is 84.9 Å². The Bertz CT molecular complexity index is 1050. The lowest BCUT2D eigenvalue weighted by Crippen LogP contribution is -2.48. The van der Waals surface area contributed by atoms with Crippen LogP contribution in [0.5, 0.6) is 5.75 Å². The molecule has 0 unspecified atom stereocenters. The van der Waals surface area contributed by atoms with Gasteiger partial charge in [-0.1, -0.05) is 60.1 Å². The summed E-state index contributed by atoms with van der Waals surface area (Å²) in [6, 6.07) is 24.5. The van der Waals surface area contributed by atoms with Crippen LogP contribution in [-0.4, -0.2) is 24.0 Å². The molecular weight excluding hydrogens is 396 g/mol. The Morgan fingerprint density at radius 1 is 0.967 bits per heavy atom. The second kappa shape index (κ2) is 8.74. The van der Waals surface area contributed by atoms with E-state index in [-0.39, 0.29) is 11.8 Å². The topological polar surface area (TPSA) is 55.6 Å². The van der Waals surface area contributed by atoms with E-state index >= 15 is 0 Å². The molecule has 1 aliphatic rings. The number of ether oxygens (including phenoxy) is 1. The number of hydrogen-bond donors (Lipinski definition) is 1. The van der Waals surface area contributed by atoms with Crippen molar-refractivity contribution in [3.8, 4) is 5.75 Å². The average molecular weight is 419 g/mol. The van der Waals surface area contributed by atoms with Gasteiger partial charge in [-0.15, -0.1) is 0 Å². The highest BCUT2D eigenvalue weighted by Crippen LogP contribution is 2.35. The fourth-order valence-corrected chi connectivity index (χ4v) is 3.87. The minimum Gasteiger partial charge on any atom is -0.497 e. The van der Waals surface area contributed by atoms with E-state index in [0.29, 0.717) is 11.6 Å². The first-order chi connectivity index (χ1) is 14.6. The number of nitrogens with zero attached hydrogens (tertiary/aromatic N) is 1. The molecule has 0 aromatic heterocycles. The molecule has 0 aliphatic carbocycles. The van der Waals surface area contributed by atoms with Crippen molar-refractivity contribution in [3.63, 3.8) is 0 Å². The molecule has 0 spiro atoms. The predicted octanol–water partition coefficient (Wildman–Crippen LogP) is 4.84. The number of nitrogens with two attached hydrogens (primary N) is 1. The maximum absolute atomic E-state index is 13.4. The average Bonchev–Trinajstić information content (AvgIpc) is 2.79. The first-order valence-corrected chi connectivity index (χ1v) is 10.2. The zero-order valence-electron chi connectivity index (χ0n) is 16.7. The first-order valence-electron chi connectivity index (χ1n) is 9.79. The van der Waals surface area contributed by atoms with Crippen LogP contribution in [0.4, 0.5) is 0 Å². The number of carbonyl (C=O) groups excluding carboxylic acids is 1. The van der Waals surface area contributed by atoms with Gasteiger partial charge in [0.1, 0.15) is 5.75 Å². The highest BCUT2D eigenvalue weighted by atomic mass is 35.5. The third-order valence-electron chi connectivity index (χ3n) is 5.39. The summed E-state index contributed by atoms with van der Waals surface area (Å²) in [4.78, 5) is 15.2. The van der Waals surface area contributed by atoms with Crippen molar-refractivity contribution in [1.82, 2.24) is 4.90 Å². The number of benzene rings is 3. The lowest BCUT2D eigenvalue weighted by Gasteiger charge is -2.36. The summed E-state index contributed by atoms with van der Waals surface area (Å²) in [5, 5.41) is 0.652. The molecule has 0 fully saturated rings. The summed E-state index contributed by atoms with van der Waals surface area (Å²) < 4.78 is 5.29. The van der Waals surface area contributed by atoms with Crippen molar-refractivity contribution in [3.05, 3.63) is 107 Å². The Hall–Kier alpha value is -3.08. The van der Waals surface area contributed by atoms with Crippen LogP contribution in [-0.2, 0) is 11.3 Å². The van der Waals surface area contributed by atoms with E-state index in [1.807, 2.05) is 78.9 Å². The molecule has 0 saturated carbocycles. The van der Waals surface area contributed by atoms with E-state index in [1.165, 1.54) is 0 Å². The Morgan fingerprint density at radius 2 is 1.63 bits per heavy atom. The van der Waals surface area contributed by atoms with Crippen molar-refractivity contribution in [2.75, 3.05) is 7.11 Å². The molecule has 1 aliphatic heterocycles. The Labute approximate surface area is 181 Å². The zero-order chi connectivity index (χ0) is 21.1. The van der Waals surface area contributed by atoms with Gasteiger partial charge in [0.2, 0.25) is 5.91 Å². The molecule has 3 aromatic rings. The van der Waals surface area contributed by atoms with Crippen molar-refractivity contribution in [1.29, 1.82) is 0 Å². The minimum atomic E-state index is -0.670. The van der Waals surface area contributed by atoms with E-state index in [0.717, 1.165) is 28.1 Å². The predicted molar refractivity (Wildman–Crippen MR) is 120 cm³/mol. The highest BCUT2D eigenvalue weighted by Gasteiger charge is 2.36. The Morgan fingerprint density at radius 3 is 2.27 bits per heavy atom. The number of halogens is 1. The lowest BCUT2D eigenvalue weighted by molar-refractivity contribution is -0.130. The van der Waals surface area contributed by atoms with Crippen LogP contribution in [0.1, 0.15) is 22.6 Å². The van der Waals surface area contributed by atoms with Gasteiger partial charge < -0.3 is 15.4 Å². The fraction of sp³-hybridized carbons (Fsp3) is 0.160. The van der Waals surface area contributed by atoms with Crippen molar-refractivity contribution in [2.24, 2.45) is 5.73 Å². The van der Waals surface area contributed by atoms with E-state index < -0.39 is 6.04 Å². The normalized spacial score (nSPS) is 18.8. The standard InChI is InChI=1S/C25H23ClN2O2/c1-30-21-13-9-19(10-14-21)23-15-22(18-7-11-20(26)12-8-18)24(27)25(29)28(23)16-17-5-3-2-4-6-17/h2-15,22,24H,16,27H2,1H3/t22-,24-/m1/s1. The van der Waals surface area contributed by atoms with Gasteiger partial charge >= 0.3 is 0 Å².